The Morgan fingerprint density at radius 2 is 1.61 bits per heavy atom. The number of fused-ring (bicyclic) bond motifs is 1. The van der Waals surface area contributed by atoms with Crippen LogP contribution in [0.25, 0.3) is 10.8 Å². The van der Waals surface area contributed by atoms with Crippen LogP contribution >= 0.6 is 15.9 Å². The summed E-state index contributed by atoms with van der Waals surface area (Å²) in [6.07, 6.45) is 6.79. The highest BCUT2D eigenvalue weighted by Gasteiger charge is 2.29. The zero-order valence-electron chi connectivity index (χ0n) is 18.2. The van der Waals surface area contributed by atoms with Gasteiger partial charge in [0.15, 0.2) is 0 Å². The van der Waals surface area contributed by atoms with Crippen molar-refractivity contribution in [2.75, 3.05) is 19.4 Å². The fourth-order valence-corrected chi connectivity index (χ4v) is 5.01. The third-order valence-corrected chi connectivity index (χ3v) is 6.92. The maximum atomic E-state index is 12.7. The quantitative estimate of drug-likeness (QED) is 0.530. The molecule has 4 rings (SSSR count). The fourth-order valence-electron chi connectivity index (χ4n) is 4.64. The number of amides is 1. The first-order valence-corrected chi connectivity index (χ1v) is 11.6. The van der Waals surface area contributed by atoms with E-state index in [4.69, 9.17) is 0 Å². The van der Waals surface area contributed by atoms with Crippen LogP contribution in [0.1, 0.15) is 48.0 Å². The molecule has 3 nitrogen and oxygen atoms in total. The highest BCUT2D eigenvalue weighted by atomic mass is 79.9. The number of benzene rings is 3. The lowest BCUT2D eigenvalue weighted by molar-refractivity contribution is -0.929. The topological polar surface area (TPSA) is 29.1 Å². The predicted octanol–water partition coefficient (Wildman–Crippen LogP) is 3.77. The van der Waals surface area contributed by atoms with E-state index in [1.165, 1.54) is 37.7 Å². The van der Waals surface area contributed by atoms with Crippen molar-refractivity contribution in [2.24, 2.45) is 0 Å². The van der Waals surface area contributed by atoms with Crippen molar-refractivity contribution >= 4 is 38.3 Å². The van der Waals surface area contributed by atoms with Gasteiger partial charge in [-0.25, -0.2) is 0 Å². The molecule has 0 unspecified atom stereocenters. The highest BCUT2D eigenvalue weighted by Crippen LogP contribution is 2.28. The van der Waals surface area contributed by atoms with E-state index >= 15 is 0 Å². The summed E-state index contributed by atoms with van der Waals surface area (Å²) in [5.74, 6) is -0.0806. The standard InChI is InChI=1S/C26H29BrN2O.ClH/c1-29(2,25-6-4-3-5-7-25)18-19-8-14-24(15-9-19)28-26(30)21-11-10-20-12-13-23(27)17-22(20)16-21;/h8-17,25H,3-7,18H2,1-2H3;1H. The lowest BCUT2D eigenvalue weighted by Crippen LogP contribution is -3.00. The molecule has 1 saturated carbocycles. The second-order valence-electron chi connectivity index (χ2n) is 9.09. The van der Waals surface area contributed by atoms with Crippen LogP contribution in [0.2, 0.25) is 0 Å². The summed E-state index contributed by atoms with van der Waals surface area (Å²) >= 11 is 3.50. The summed E-state index contributed by atoms with van der Waals surface area (Å²) in [7, 11) is 4.70. The molecule has 5 heteroatoms. The summed E-state index contributed by atoms with van der Waals surface area (Å²) in [5, 5.41) is 5.21. The maximum Gasteiger partial charge on any atom is 0.255 e. The van der Waals surface area contributed by atoms with Crippen molar-refractivity contribution < 1.29 is 21.7 Å². The molecular formula is C26H30BrClN2O. The lowest BCUT2D eigenvalue weighted by atomic mass is 9.92. The largest absolute Gasteiger partial charge is 1.00 e. The molecule has 0 spiro atoms. The molecule has 1 N–H and O–H groups in total. The van der Waals surface area contributed by atoms with Crippen molar-refractivity contribution in [3.63, 3.8) is 0 Å². The summed E-state index contributed by atoms with van der Waals surface area (Å²) < 4.78 is 2.05. The number of nitrogens with one attached hydrogen (secondary N) is 1. The molecule has 0 aromatic heterocycles. The zero-order chi connectivity index (χ0) is 21.1. The average molecular weight is 502 g/mol. The van der Waals surface area contributed by atoms with Gasteiger partial charge in [-0.2, -0.15) is 0 Å². The first-order valence-electron chi connectivity index (χ1n) is 10.8. The molecule has 0 heterocycles. The number of hydrogen-bond donors (Lipinski definition) is 1. The van der Waals surface area contributed by atoms with Crippen molar-refractivity contribution in [1.82, 2.24) is 0 Å². The van der Waals surface area contributed by atoms with Gasteiger partial charge in [-0.1, -0.05) is 46.6 Å². The number of quaternary nitrogens is 1. The highest BCUT2D eigenvalue weighted by molar-refractivity contribution is 9.10. The Morgan fingerprint density at radius 3 is 2.32 bits per heavy atom. The van der Waals surface area contributed by atoms with E-state index in [1.54, 1.807) is 0 Å². The van der Waals surface area contributed by atoms with Gasteiger partial charge in [0.2, 0.25) is 0 Å². The van der Waals surface area contributed by atoms with Gasteiger partial charge in [0, 0.05) is 21.3 Å². The van der Waals surface area contributed by atoms with Crippen LogP contribution in [-0.4, -0.2) is 30.5 Å². The molecule has 1 amide bonds. The van der Waals surface area contributed by atoms with E-state index in [0.29, 0.717) is 5.56 Å². The van der Waals surface area contributed by atoms with E-state index in [0.717, 1.165) is 38.0 Å². The normalized spacial score (nSPS) is 14.8. The van der Waals surface area contributed by atoms with E-state index in [2.05, 4.69) is 47.5 Å². The van der Waals surface area contributed by atoms with Crippen LogP contribution in [0, 0.1) is 0 Å². The predicted molar refractivity (Wildman–Crippen MR) is 129 cm³/mol. The van der Waals surface area contributed by atoms with Gasteiger partial charge in [-0.05, 0) is 72.9 Å². The van der Waals surface area contributed by atoms with Crippen LogP contribution in [-0.2, 0) is 6.54 Å². The summed E-state index contributed by atoms with van der Waals surface area (Å²) in [6, 6.07) is 21.0. The van der Waals surface area contributed by atoms with Crippen LogP contribution in [0.15, 0.2) is 65.1 Å². The second-order valence-corrected chi connectivity index (χ2v) is 10.0. The Kier molecular flexibility index (Phi) is 7.79. The van der Waals surface area contributed by atoms with Crippen LogP contribution < -0.4 is 17.7 Å². The molecule has 31 heavy (non-hydrogen) atoms. The van der Waals surface area contributed by atoms with E-state index < -0.39 is 0 Å². The third-order valence-electron chi connectivity index (χ3n) is 6.43. The molecular weight excluding hydrogens is 472 g/mol. The molecule has 3 aromatic carbocycles. The molecule has 0 saturated heterocycles. The monoisotopic (exact) mass is 500 g/mol. The Labute approximate surface area is 200 Å². The molecule has 0 aliphatic heterocycles. The molecule has 1 fully saturated rings. The minimum Gasteiger partial charge on any atom is -1.00 e. The Balaban J connectivity index is 0.00000272. The molecule has 3 aromatic rings. The summed E-state index contributed by atoms with van der Waals surface area (Å²) in [6.45, 7) is 1.03. The number of halogens is 2. The van der Waals surface area contributed by atoms with Crippen molar-refractivity contribution in [2.45, 2.75) is 44.7 Å². The third kappa shape index (κ3) is 5.88. The van der Waals surface area contributed by atoms with Crippen molar-refractivity contribution in [3.8, 4) is 0 Å². The van der Waals surface area contributed by atoms with E-state index in [1.807, 2.05) is 48.5 Å². The van der Waals surface area contributed by atoms with Gasteiger partial charge in [-0.3, -0.25) is 4.79 Å². The summed E-state index contributed by atoms with van der Waals surface area (Å²) in [5.41, 5.74) is 2.82. The van der Waals surface area contributed by atoms with Gasteiger partial charge in [0.1, 0.15) is 6.54 Å². The maximum absolute atomic E-state index is 12.7. The van der Waals surface area contributed by atoms with E-state index in [9.17, 15) is 4.79 Å². The number of nitrogens with zero attached hydrogens (tertiary/aromatic N) is 1. The van der Waals surface area contributed by atoms with Gasteiger partial charge >= 0.3 is 0 Å². The molecule has 0 bridgehead atoms. The molecule has 1 aliphatic rings. The Bertz CT molecular complexity index is 1040. The second kappa shape index (κ2) is 10.2. The van der Waals surface area contributed by atoms with Crippen LogP contribution in [0.4, 0.5) is 5.69 Å². The molecule has 0 atom stereocenters. The summed E-state index contributed by atoms with van der Waals surface area (Å²) in [4.78, 5) is 12.7. The van der Waals surface area contributed by atoms with Gasteiger partial charge in [0.25, 0.3) is 5.91 Å². The SMILES string of the molecule is C[N+](C)(Cc1ccc(NC(=O)c2ccc3ccc(Br)cc3c2)cc1)C1CCCCC1.[Cl-]. The number of carbonyl (C=O) groups excluding carboxylic acids is 1. The molecule has 1 aliphatic carbocycles. The van der Waals surface area contributed by atoms with Crippen LogP contribution in [0.3, 0.4) is 0 Å². The number of rotatable bonds is 5. The molecule has 0 radical (unpaired) electrons. The number of hydrogen-bond acceptors (Lipinski definition) is 1. The number of anilines is 1. The van der Waals surface area contributed by atoms with Gasteiger partial charge < -0.3 is 22.2 Å². The zero-order valence-corrected chi connectivity index (χ0v) is 20.5. The van der Waals surface area contributed by atoms with Gasteiger partial charge in [-0.15, -0.1) is 0 Å². The van der Waals surface area contributed by atoms with Crippen LogP contribution in [0.5, 0.6) is 0 Å². The Morgan fingerprint density at radius 1 is 0.935 bits per heavy atom. The van der Waals surface area contributed by atoms with Crippen molar-refractivity contribution in [1.29, 1.82) is 0 Å². The first-order chi connectivity index (χ1) is 14.4. The van der Waals surface area contributed by atoms with E-state index in [-0.39, 0.29) is 18.3 Å². The minimum atomic E-state index is -0.0806. The fraction of sp³-hybridized carbons (Fsp3) is 0.346. The minimum absolute atomic E-state index is 0. The Hall–Kier alpha value is -1.88. The average Bonchev–Trinajstić information content (AvgIpc) is 2.75. The van der Waals surface area contributed by atoms with Crippen molar-refractivity contribution in [3.05, 3.63) is 76.3 Å². The smallest absolute Gasteiger partial charge is 0.255 e. The van der Waals surface area contributed by atoms with Gasteiger partial charge in [0.05, 0.1) is 20.1 Å². The molecule has 164 valence electrons. The first kappa shape index (κ1) is 23.8. The number of carbonyl (C=O) groups is 1. The lowest BCUT2D eigenvalue weighted by Gasteiger charge is -2.40.